The first-order valence-corrected chi connectivity index (χ1v) is 6.18. The van der Waals surface area contributed by atoms with Gasteiger partial charge in [-0.2, -0.15) is 0 Å². The van der Waals surface area contributed by atoms with Gasteiger partial charge in [-0.25, -0.2) is 9.18 Å². The molecule has 0 spiro atoms. The Kier molecular flexibility index (Phi) is 3.50. The van der Waals surface area contributed by atoms with E-state index in [1.165, 1.54) is 12.1 Å². The molecule has 0 bridgehead atoms. The van der Waals surface area contributed by atoms with Gasteiger partial charge in [0.25, 0.3) is 0 Å². The molecule has 1 saturated carbocycles. The SMILES string of the molecule is C=C(C)C(=O)OC1(c2cccc(F)c2)CCCC1. The second-order valence-corrected chi connectivity index (χ2v) is 4.88. The van der Waals surface area contributed by atoms with Gasteiger partial charge < -0.3 is 4.74 Å². The van der Waals surface area contributed by atoms with Crippen LogP contribution in [0.15, 0.2) is 36.4 Å². The molecule has 0 aromatic heterocycles. The van der Waals surface area contributed by atoms with E-state index in [0.29, 0.717) is 5.57 Å². The molecule has 2 rings (SSSR count). The Labute approximate surface area is 106 Å². The minimum atomic E-state index is -0.669. The molecule has 0 unspecified atom stereocenters. The van der Waals surface area contributed by atoms with Crippen LogP contribution in [0.1, 0.15) is 38.2 Å². The first-order valence-electron chi connectivity index (χ1n) is 6.18. The molecule has 0 atom stereocenters. The quantitative estimate of drug-likeness (QED) is 0.602. The van der Waals surface area contributed by atoms with Gasteiger partial charge in [-0.1, -0.05) is 18.7 Å². The molecule has 3 heteroatoms. The molecule has 0 radical (unpaired) electrons. The summed E-state index contributed by atoms with van der Waals surface area (Å²) in [4.78, 5) is 11.7. The van der Waals surface area contributed by atoms with Crippen LogP contribution in [0, 0.1) is 5.82 Å². The number of hydrogen-bond acceptors (Lipinski definition) is 2. The molecule has 1 aliphatic carbocycles. The Bertz CT molecular complexity index is 473. The molecule has 0 heterocycles. The van der Waals surface area contributed by atoms with Crippen LogP contribution >= 0.6 is 0 Å². The van der Waals surface area contributed by atoms with Gasteiger partial charge in [-0.05, 0) is 50.3 Å². The van der Waals surface area contributed by atoms with Crippen LogP contribution in [-0.4, -0.2) is 5.97 Å². The standard InChI is InChI=1S/C15H17FO2/c1-11(2)14(17)18-15(8-3-4-9-15)12-6-5-7-13(16)10-12/h5-7,10H,1,3-4,8-9H2,2H3. The number of halogens is 1. The van der Waals surface area contributed by atoms with E-state index in [1.54, 1.807) is 13.0 Å². The van der Waals surface area contributed by atoms with Crippen molar-refractivity contribution in [3.63, 3.8) is 0 Å². The van der Waals surface area contributed by atoms with Crippen molar-refractivity contribution in [2.75, 3.05) is 0 Å². The highest BCUT2D eigenvalue weighted by atomic mass is 19.1. The van der Waals surface area contributed by atoms with Gasteiger partial charge in [-0.3, -0.25) is 0 Å². The molecular weight excluding hydrogens is 231 g/mol. The first-order chi connectivity index (χ1) is 8.53. The summed E-state index contributed by atoms with van der Waals surface area (Å²) in [5.41, 5.74) is 0.449. The third kappa shape index (κ3) is 2.45. The smallest absolute Gasteiger partial charge is 0.333 e. The van der Waals surface area contributed by atoms with E-state index < -0.39 is 11.6 Å². The maximum atomic E-state index is 13.3. The zero-order valence-corrected chi connectivity index (χ0v) is 10.5. The molecule has 96 valence electrons. The van der Waals surface area contributed by atoms with E-state index in [0.717, 1.165) is 31.2 Å². The molecule has 18 heavy (non-hydrogen) atoms. The van der Waals surface area contributed by atoms with Crippen LogP contribution in [0.5, 0.6) is 0 Å². The van der Waals surface area contributed by atoms with Crippen molar-refractivity contribution in [1.82, 2.24) is 0 Å². The average Bonchev–Trinajstić information content (AvgIpc) is 2.78. The lowest BCUT2D eigenvalue weighted by atomic mass is 9.91. The minimum absolute atomic E-state index is 0.301. The number of hydrogen-bond donors (Lipinski definition) is 0. The number of carbonyl (C=O) groups is 1. The van der Waals surface area contributed by atoms with Gasteiger partial charge in [0.15, 0.2) is 0 Å². The predicted molar refractivity (Wildman–Crippen MR) is 67.5 cm³/mol. The van der Waals surface area contributed by atoms with Crippen LogP contribution < -0.4 is 0 Å². The zero-order valence-electron chi connectivity index (χ0n) is 10.5. The van der Waals surface area contributed by atoms with E-state index in [1.807, 2.05) is 6.07 Å². The highest BCUT2D eigenvalue weighted by molar-refractivity contribution is 5.87. The summed E-state index contributed by atoms with van der Waals surface area (Å²) >= 11 is 0. The Morgan fingerprint density at radius 3 is 2.61 bits per heavy atom. The lowest BCUT2D eigenvalue weighted by Gasteiger charge is -2.29. The van der Waals surface area contributed by atoms with Crippen LogP contribution in [-0.2, 0) is 15.1 Å². The molecule has 0 N–H and O–H groups in total. The van der Waals surface area contributed by atoms with Crippen molar-refractivity contribution in [3.05, 3.63) is 47.8 Å². The molecule has 2 nitrogen and oxygen atoms in total. The third-order valence-electron chi connectivity index (χ3n) is 3.40. The van der Waals surface area contributed by atoms with Gasteiger partial charge in [0.1, 0.15) is 11.4 Å². The van der Waals surface area contributed by atoms with E-state index in [4.69, 9.17) is 4.74 Å². The number of rotatable bonds is 3. The summed E-state index contributed by atoms with van der Waals surface area (Å²) in [5, 5.41) is 0. The zero-order chi connectivity index (χ0) is 13.2. The fraction of sp³-hybridized carbons (Fsp3) is 0.400. The van der Waals surface area contributed by atoms with E-state index in [2.05, 4.69) is 6.58 Å². The lowest BCUT2D eigenvalue weighted by molar-refractivity contribution is -0.155. The molecule has 1 aromatic carbocycles. The summed E-state index contributed by atoms with van der Waals surface area (Å²) < 4.78 is 18.9. The Morgan fingerprint density at radius 2 is 2.06 bits per heavy atom. The van der Waals surface area contributed by atoms with Crippen LogP contribution in [0.2, 0.25) is 0 Å². The van der Waals surface area contributed by atoms with Crippen LogP contribution in [0.3, 0.4) is 0 Å². The largest absolute Gasteiger partial charge is 0.451 e. The summed E-state index contributed by atoms with van der Waals surface area (Å²) in [6.07, 6.45) is 3.46. The summed E-state index contributed by atoms with van der Waals surface area (Å²) in [6.45, 7) is 5.21. The Hall–Kier alpha value is -1.64. The maximum absolute atomic E-state index is 13.3. The van der Waals surface area contributed by atoms with Gasteiger partial charge in [0.05, 0.1) is 0 Å². The number of carbonyl (C=O) groups excluding carboxylic acids is 1. The average molecular weight is 248 g/mol. The topological polar surface area (TPSA) is 26.3 Å². The van der Waals surface area contributed by atoms with E-state index >= 15 is 0 Å². The fourth-order valence-electron chi connectivity index (χ4n) is 2.43. The van der Waals surface area contributed by atoms with Gasteiger partial charge >= 0.3 is 5.97 Å². The van der Waals surface area contributed by atoms with Crippen molar-refractivity contribution >= 4 is 5.97 Å². The normalized spacial score (nSPS) is 17.4. The molecule has 0 aliphatic heterocycles. The van der Waals surface area contributed by atoms with Gasteiger partial charge in [-0.15, -0.1) is 0 Å². The summed E-state index contributed by atoms with van der Waals surface area (Å²) in [6, 6.07) is 6.32. The number of benzene rings is 1. The number of ether oxygens (including phenoxy) is 1. The predicted octanol–water partition coefficient (Wildman–Crippen LogP) is 3.71. The summed E-state index contributed by atoms with van der Waals surface area (Å²) in [5.74, 6) is -0.702. The van der Waals surface area contributed by atoms with Crippen molar-refractivity contribution in [3.8, 4) is 0 Å². The molecular formula is C15H17FO2. The van der Waals surface area contributed by atoms with Crippen molar-refractivity contribution in [1.29, 1.82) is 0 Å². The van der Waals surface area contributed by atoms with Crippen LogP contribution in [0.25, 0.3) is 0 Å². The fourth-order valence-corrected chi connectivity index (χ4v) is 2.43. The van der Waals surface area contributed by atoms with E-state index in [-0.39, 0.29) is 5.82 Å². The van der Waals surface area contributed by atoms with Crippen molar-refractivity contribution in [2.45, 2.75) is 38.2 Å². The van der Waals surface area contributed by atoms with Crippen molar-refractivity contribution in [2.24, 2.45) is 0 Å². The maximum Gasteiger partial charge on any atom is 0.333 e. The molecule has 0 amide bonds. The number of esters is 1. The summed E-state index contributed by atoms with van der Waals surface area (Å²) in [7, 11) is 0. The highest BCUT2D eigenvalue weighted by Crippen LogP contribution is 2.42. The minimum Gasteiger partial charge on any atom is -0.451 e. The Morgan fingerprint density at radius 1 is 1.39 bits per heavy atom. The van der Waals surface area contributed by atoms with Gasteiger partial charge in [0.2, 0.25) is 0 Å². The van der Waals surface area contributed by atoms with Crippen molar-refractivity contribution < 1.29 is 13.9 Å². The second kappa shape index (κ2) is 4.92. The third-order valence-corrected chi connectivity index (χ3v) is 3.40. The molecule has 1 fully saturated rings. The first kappa shape index (κ1) is 12.8. The monoisotopic (exact) mass is 248 g/mol. The molecule has 1 aliphatic rings. The van der Waals surface area contributed by atoms with E-state index in [9.17, 15) is 9.18 Å². The Balaban J connectivity index is 2.32. The second-order valence-electron chi connectivity index (χ2n) is 4.88. The molecule has 1 aromatic rings. The van der Waals surface area contributed by atoms with Gasteiger partial charge in [0, 0.05) is 5.57 Å². The highest BCUT2D eigenvalue weighted by Gasteiger charge is 2.39. The lowest BCUT2D eigenvalue weighted by Crippen LogP contribution is -2.29. The van der Waals surface area contributed by atoms with Crippen LogP contribution in [0.4, 0.5) is 4.39 Å². The molecule has 0 saturated heterocycles.